The number of hydrogen-bond acceptors (Lipinski definition) is 5. The Morgan fingerprint density at radius 3 is 2.65 bits per heavy atom. The molecule has 0 radical (unpaired) electrons. The van der Waals surface area contributed by atoms with Gasteiger partial charge in [0.25, 0.3) is 0 Å². The van der Waals surface area contributed by atoms with E-state index in [0.29, 0.717) is 12.1 Å². The molecule has 2 aromatic heterocycles. The van der Waals surface area contributed by atoms with E-state index in [1.165, 1.54) is 6.42 Å². The highest BCUT2D eigenvalue weighted by atomic mass is 16.5. The summed E-state index contributed by atoms with van der Waals surface area (Å²) in [6, 6.07) is 4.29. The first-order valence-electron chi connectivity index (χ1n) is 8.22. The highest BCUT2D eigenvalue weighted by Crippen LogP contribution is 2.26. The summed E-state index contributed by atoms with van der Waals surface area (Å²) in [6.45, 7) is 4.11. The standard InChI is InChI=1S/C18H24N4O/c1-12-13(2)20-18(14-7-9-19-10-8-14)22-17(12)21-15-5-4-6-16(11-15)23-3/h7-10,15-16H,4-6,11H2,1-3H3,(H,20,21,22). The van der Waals surface area contributed by atoms with Gasteiger partial charge in [-0.1, -0.05) is 0 Å². The average molecular weight is 312 g/mol. The molecule has 2 atom stereocenters. The molecule has 0 aromatic carbocycles. The number of aromatic nitrogens is 3. The van der Waals surface area contributed by atoms with E-state index in [0.717, 1.165) is 47.7 Å². The topological polar surface area (TPSA) is 59.9 Å². The minimum absolute atomic E-state index is 0.351. The number of nitrogens with zero attached hydrogens (tertiary/aromatic N) is 3. The van der Waals surface area contributed by atoms with Gasteiger partial charge in [0, 0.05) is 42.4 Å². The maximum Gasteiger partial charge on any atom is 0.161 e. The van der Waals surface area contributed by atoms with Crippen LogP contribution >= 0.6 is 0 Å². The lowest BCUT2D eigenvalue weighted by Crippen LogP contribution is -2.31. The minimum atomic E-state index is 0.351. The van der Waals surface area contributed by atoms with Crippen LogP contribution < -0.4 is 5.32 Å². The van der Waals surface area contributed by atoms with E-state index in [1.807, 2.05) is 19.1 Å². The van der Waals surface area contributed by atoms with Crippen LogP contribution in [0.15, 0.2) is 24.5 Å². The van der Waals surface area contributed by atoms with Gasteiger partial charge >= 0.3 is 0 Å². The van der Waals surface area contributed by atoms with E-state index < -0.39 is 0 Å². The number of hydrogen-bond donors (Lipinski definition) is 1. The van der Waals surface area contributed by atoms with Gasteiger partial charge in [0.05, 0.1) is 6.10 Å². The molecular formula is C18H24N4O. The fourth-order valence-electron chi connectivity index (χ4n) is 3.08. The number of nitrogens with one attached hydrogen (secondary N) is 1. The van der Waals surface area contributed by atoms with Gasteiger partial charge in [-0.3, -0.25) is 4.98 Å². The van der Waals surface area contributed by atoms with Gasteiger partial charge in [0.15, 0.2) is 5.82 Å². The summed E-state index contributed by atoms with van der Waals surface area (Å²) >= 11 is 0. The number of methoxy groups -OCH3 is 1. The van der Waals surface area contributed by atoms with Gasteiger partial charge in [0.2, 0.25) is 0 Å². The summed E-state index contributed by atoms with van der Waals surface area (Å²) in [5.41, 5.74) is 3.11. The molecule has 5 heteroatoms. The first-order chi connectivity index (χ1) is 11.2. The third-order valence-electron chi connectivity index (χ3n) is 4.63. The molecule has 122 valence electrons. The Morgan fingerprint density at radius 1 is 1.13 bits per heavy atom. The maximum absolute atomic E-state index is 5.53. The average Bonchev–Trinajstić information content (AvgIpc) is 2.59. The molecule has 1 aliphatic rings. The number of pyridine rings is 1. The molecule has 0 amide bonds. The molecule has 1 aliphatic carbocycles. The summed E-state index contributed by atoms with van der Waals surface area (Å²) in [5, 5.41) is 3.62. The molecule has 1 N–H and O–H groups in total. The molecule has 2 unspecified atom stereocenters. The van der Waals surface area contributed by atoms with Gasteiger partial charge in [-0.05, 0) is 51.7 Å². The summed E-state index contributed by atoms with van der Waals surface area (Å²) in [5.74, 6) is 1.68. The van der Waals surface area contributed by atoms with Crippen molar-refractivity contribution in [2.24, 2.45) is 0 Å². The van der Waals surface area contributed by atoms with E-state index >= 15 is 0 Å². The highest BCUT2D eigenvalue weighted by Gasteiger charge is 2.23. The van der Waals surface area contributed by atoms with Crippen molar-refractivity contribution in [2.75, 3.05) is 12.4 Å². The Bertz CT molecular complexity index is 660. The molecule has 2 aromatic rings. The third kappa shape index (κ3) is 3.67. The Balaban J connectivity index is 1.85. The van der Waals surface area contributed by atoms with E-state index in [4.69, 9.17) is 9.72 Å². The van der Waals surface area contributed by atoms with Crippen LogP contribution in [0.25, 0.3) is 11.4 Å². The van der Waals surface area contributed by atoms with Crippen molar-refractivity contribution >= 4 is 5.82 Å². The zero-order valence-corrected chi connectivity index (χ0v) is 14.0. The normalized spacial score (nSPS) is 21.2. The molecule has 0 spiro atoms. The molecule has 0 bridgehead atoms. The van der Waals surface area contributed by atoms with Crippen molar-refractivity contribution in [3.8, 4) is 11.4 Å². The Kier molecular flexibility index (Phi) is 4.86. The zero-order chi connectivity index (χ0) is 16.2. The predicted octanol–water partition coefficient (Wildman–Crippen LogP) is 3.52. The lowest BCUT2D eigenvalue weighted by molar-refractivity contribution is 0.0669. The second-order valence-corrected chi connectivity index (χ2v) is 6.21. The van der Waals surface area contributed by atoms with E-state index in [-0.39, 0.29) is 0 Å². The van der Waals surface area contributed by atoms with E-state index in [9.17, 15) is 0 Å². The SMILES string of the molecule is COC1CCCC(Nc2nc(-c3ccncc3)nc(C)c2C)C1. The summed E-state index contributed by atoms with van der Waals surface area (Å²) in [4.78, 5) is 13.4. The van der Waals surface area contributed by atoms with E-state index in [2.05, 4.69) is 22.2 Å². The van der Waals surface area contributed by atoms with Crippen molar-refractivity contribution in [1.82, 2.24) is 15.0 Å². The zero-order valence-electron chi connectivity index (χ0n) is 14.0. The molecule has 2 heterocycles. The molecule has 1 saturated carbocycles. The van der Waals surface area contributed by atoms with E-state index in [1.54, 1.807) is 19.5 Å². The molecule has 1 fully saturated rings. The smallest absolute Gasteiger partial charge is 0.161 e. The van der Waals surface area contributed by atoms with Crippen LogP contribution in [0.5, 0.6) is 0 Å². The first-order valence-corrected chi connectivity index (χ1v) is 8.22. The van der Waals surface area contributed by atoms with Gasteiger partial charge in [0.1, 0.15) is 5.82 Å². The second-order valence-electron chi connectivity index (χ2n) is 6.21. The maximum atomic E-state index is 5.53. The Labute approximate surface area is 137 Å². The van der Waals surface area contributed by atoms with Crippen molar-refractivity contribution in [2.45, 2.75) is 51.7 Å². The van der Waals surface area contributed by atoms with Crippen molar-refractivity contribution in [3.05, 3.63) is 35.8 Å². The largest absolute Gasteiger partial charge is 0.381 e. The monoisotopic (exact) mass is 312 g/mol. The quantitative estimate of drug-likeness (QED) is 0.936. The number of rotatable bonds is 4. The third-order valence-corrected chi connectivity index (χ3v) is 4.63. The van der Waals surface area contributed by atoms with Crippen molar-refractivity contribution in [1.29, 1.82) is 0 Å². The fraction of sp³-hybridized carbons (Fsp3) is 0.500. The minimum Gasteiger partial charge on any atom is -0.381 e. The number of anilines is 1. The predicted molar refractivity (Wildman–Crippen MR) is 91.4 cm³/mol. The Hall–Kier alpha value is -2.01. The van der Waals surface area contributed by atoms with Crippen LogP contribution in [0.4, 0.5) is 5.82 Å². The molecule has 0 saturated heterocycles. The second kappa shape index (κ2) is 7.04. The van der Waals surface area contributed by atoms with Crippen LogP contribution in [-0.4, -0.2) is 34.2 Å². The van der Waals surface area contributed by atoms with Gasteiger partial charge in [-0.15, -0.1) is 0 Å². The van der Waals surface area contributed by atoms with Gasteiger partial charge < -0.3 is 10.1 Å². The molecule has 0 aliphatic heterocycles. The number of ether oxygens (including phenoxy) is 1. The van der Waals surface area contributed by atoms with Crippen molar-refractivity contribution < 1.29 is 4.74 Å². The van der Waals surface area contributed by atoms with Crippen LogP contribution in [0.2, 0.25) is 0 Å². The van der Waals surface area contributed by atoms with Crippen molar-refractivity contribution in [3.63, 3.8) is 0 Å². The van der Waals surface area contributed by atoms with Crippen LogP contribution in [0, 0.1) is 13.8 Å². The molecule has 5 nitrogen and oxygen atoms in total. The van der Waals surface area contributed by atoms with Crippen LogP contribution in [0.1, 0.15) is 36.9 Å². The summed E-state index contributed by atoms with van der Waals surface area (Å²) in [6.07, 6.45) is 8.42. The van der Waals surface area contributed by atoms with Gasteiger partial charge in [-0.2, -0.15) is 0 Å². The summed E-state index contributed by atoms with van der Waals surface area (Å²) < 4.78 is 5.53. The van der Waals surface area contributed by atoms with Crippen LogP contribution in [-0.2, 0) is 4.74 Å². The first kappa shape index (κ1) is 15.9. The van der Waals surface area contributed by atoms with Crippen LogP contribution in [0.3, 0.4) is 0 Å². The Morgan fingerprint density at radius 2 is 1.91 bits per heavy atom. The molecular weight excluding hydrogens is 288 g/mol. The summed E-state index contributed by atoms with van der Waals surface area (Å²) in [7, 11) is 1.80. The number of aryl methyl sites for hydroxylation is 1. The lowest BCUT2D eigenvalue weighted by Gasteiger charge is -2.29. The molecule has 3 rings (SSSR count). The lowest BCUT2D eigenvalue weighted by atomic mass is 9.92. The fourth-order valence-corrected chi connectivity index (χ4v) is 3.08. The van der Waals surface area contributed by atoms with Gasteiger partial charge in [-0.25, -0.2) is 9.97 Å². The highest BCUT2D eigenvalue weighted by molar-refractivity contribution is 5.59. The molecule has 23 heavy (non-hydrogen) atoms.